The van der Waals surface area contributed by atoms with E-state index in [1.165, 1.54) is 0 Å². The van der Waals surface area contributed by atoms with Gasteiger partial charge >= 0.3 is 0 Å². The monoisotopic (exact) mass is 480 g/mol. The second kappa shape index (κ2) is 7.85. The van der Waals surface area contributed by atoms with Crippen LogP contribution in [-0.2, 0) is 17.8 Å². The summed E-state index contributed by atoms with van der Waals surface area (Å²) >= 11 is 3.62. The van der Waals surface area contributed by atoms with Gasteiger partial charge in [0.25, 0.3) is 11.8 Å². The molecule has 3 aromatic rings. The van der Waals surface area contributed by atoms with Gasteiger partial charge in [-0.2, -0.15) is 5.10 Å². The molecule has 0 fully saturated rings. The third-order valence-corrected chi connectivity index (χ3v) is 6.73. The SMILES string of the molecule is CN1C(=O)C(N2CCc3c(nn(Cc4ccccc4)c3Br)C2=O)COc2ccccc21. The number of fused-ring (bicyclic) bond motifs is 2. The topological polar surface area (TPSA) is 67.7 Å². The van der Waals surface area contributed by atoms with Gasteiger partial charge in [0.05, 0.1) is 12.2 Å². The molecule has 0 aliphatic carbocycles. The van der Waals surface area contributed by atoms with Crippen molar-refractivity contribution in [1.82, 2.24) is 14.7 Å². The lowest BCUT2D eigenvalue weighted by Crippen LogP contribution is -2.54. The highest BCUT2D eigenvalue weighted by atomic mass is 79.9. The number of halogens is 1. The van der Waals surface area contributed by atoms with Crippen LogP contribution in [0.5, 0.6) is 5.75 Å². The highest BCUT2D eigenvalue weighted by molar-refractivity contribution is 9.10. The van der Waals surface area contributed by atoms with Crippen molar-refractivity contribution in [1.29, 1.82) is 0 Å². The first-order valence-corrected chi connectivity index (χ1v) is 10.9. The zero-order chi connectivity index (χ0) is 21.5. The lowest BCUT2D eigenvalue weighted by atomic mass is 10.0. The molecule has 1 unspecified atom stereocenters. The number of nitrogens with zero attached hydrogens (tertiary/aromatic N) is 4. The van der Waals surface area contributed by atoms with E-state index in [-0.39, 0.29) is 18.4 Å². The standard InChI is InChI=1S/C23H21BrN4O3/c1-26-17-9-5-6-10-19(17)31-14-18(22(26)29)27-12-11-16-20(23(27)30)25-28(21(16)24)13-15-7-3-2-4-8-15/h2-10,18H,11-14H2,1H3. The number of hydrogen-bond acceptors (Lipinski definition) is 4. The summed E-state index contributed by atoms with van der Waals surface area (Å²) in [6.07, 6.45) is 0.622. The molecule has 2 aliphatic rings. The molecule has 3 heterocycles. The molecule has 5 rings (SSSR count). The summed E-state index contributed by atoms with van der Waals surface area (Å²) in [5.74, 6) is 0.237. The number of carbonyl (C=O) groups excluding carboxylic acids is 2. The van der Waals surface area contributed by atoms with Crippen LogP contribution in [0.1, 0.15) is 21.6 Å². The van der Waals surface area contributed by atoms with Crippen LogP contribution in [-0.4, -0.2) is 52.7 Å². The van der Waals surface area contributed by atoms with E-state index >= 15 is 0 Å². The third kappa shape index (κ3) is 3.40. The van der Waals surface area contributed by atoms with Crippen LogP contribution in [0.4, 0.5) is 5.69 Å². The van der Waals surface area contributed by atoms with Gasteiger partial charge in [-0.3, -0.25) is 14.3 Å². The van der Waals surface area contributed by atoms with E-state index in [1.54, 1.807) is 21.5 Å². The first-order valence-electron chi connectivity index (χ1n) is 10.1. The minimum Gasteiger partial charge on any atom is -0.489 e. The van der Waals surface area contributed by atoms with Crippen molar-refractivity contribution >= 4 is 33.4 Å². The van der Waals surface area contributed by atoms with Crippen LogP contribution >= 0.6 is 15.9 Å². The van der Waals surface area contributed by atoms with Gasteiger partial charge in [0.1, 0.15) is 23.0 Å². The molecule has 7 nitrogen and oxygen atoms in total. The Morgan fingerprint density at radius 3 is 2.65 bits per heavy atom. The third-order valence-electron chi connectivity index (χ3n) is 5.84. The van der Waals surface area contributed by atoms with Crippen LogP contribution in [0.15, 0.2) is 59.2 Å². The lowest BCUT2D eigenvalue weighted by molar-refractivity contribution is -0.123. The Hall–Kier alpha value is -3.13. The fourth-order valence-corrected chi connectivity index (χ4v) is 4.75. The van der Waals surface area contributed by atoms with Gasteiger partial charge < -0.3 is 14.5 Å². The molecular formula is C23H21BrN4O3. The summed E-state index contributed by atoms with van der Waals surface area (Å²) in [5, 5.41) is 4.59. The first kappa shape index (κ1) is 19.8. The first-order chi connectivity index (χ1) is 15.0. The molecule has 2 aliphatic heterocycles. The minimum atomic E-state index is -0.698. The van der Waals surface area contributed by atoms with E-state index in [4.69, 9.17) is 4.74 Å². The van der Waals surface area contributed by atoms with Gasteiger partial charge in [0.2, 0.25) is 0 Å². The number of aromatic nitrogens is 2. The van der Waals surface area contributed by atoms with Crippen LogP contribution in [0, 0.1) is 0 Å². The van der Waals surface area contributed by atoms with E-state index < -0.39 is 6.04 Å². The molecule has 0 N–H and O–H groups in total. The molecule has 2 amide bonds. The summed E-state index contributed by atoms with van der Waals surface area (Å²) in [6, 6.07) is 16.7. The molecular weight excluding hydrogens is 460 g/mol. The van der Waals surface area contributed by atoms with Crippen molar-refractivity contribution in [3.63, 3.8) is 0 Å². The quantitative estimate of drug-likeness (QED) is 0.577. The Bertz CT molecular complexity index is 1160. The number of anilines is 1. The molecule has 8 heteroatoms. The Balaban J connectivity index is 1.42. The number of hydrogen-bond donors (Lipinski definition) is 0. The van der Waals surface area contributed by atoms with Crippen LogP contribution in [0.2, 0.25) is 0 Å². The van der Waals surface area contributed by atoms with Gasteiger partial charge in [-0.05, 0) is 40.0 Å². The van der Waals surface area contributed by atoms with E-state index in [0.29, 0.717) is 36.6 Å². The Labute approximate surface area is 188 Å². The van der Waals surface area contributed by atoms with Gasteiger partial charge in [-0.15, -0.1) is 0 Å². The van der Waals surface area contributed by atoms with E-state index in [9.17, 15) is 9.59 Å². The fraction of sp³-hybridized carbons (Fsp3) is 0.261. The number of carbonyl (C=O) groups is 2. The maximum Gasteiger partial charge on any atom is 0.275 e. The average Bonchev–Trinajstić information content (AvgIpc) is 3.05. The minimum absolute atomic E-state index is 0.118. The number of benzene rings is 2. The number of likely N-dealkylation sites (N-methyl/N-ethyl adjacent to an activating group) is 1. The smallest absolute Gasteiger partial charge is 0.275 e. The maximum absolute atomic E-state index is 13.4. The summed E-state index contributed by atoms with van der Waals surface area (Å²) in [7, 11) is 1.72. The number of ether oxygens (including phenoxy) is 1. The summed E-state index contributed by atoms with van der Waals surface area (Å²) < 4.78 is 8.52. The normalized spacial score (nSPS) is 18.3. The predicted octanol–water partition coefficient (Wildman–Crippen LogP) is 3.12. The Kier molecular flexibility index (Phi) is 5.02. The van der Waals surface area contributed by atoms with E-state index in [1.807, 2.05) is 54.6 Å². The molecule has 0 bridgehead atoms. The molecule has 158 valence electrons. The number of amides is 2. The molecule has 1 aromatic heterocycles. The zero-order valence-electron chi connectivity index (χ0n) is 17.0. The molecule has 1 atom stereocenters. The Morgan fingerprint density at radius 2 is 1.84 bits per heavy atom. The van der Waals surface area contributed by atoms with Gasteiger partial charge in [0.15, 0.2) is 5.69 Å². The summed E-state index contributed by atoms with van der Waals surface area (Å²) in [5.41, 5.74) is 3.08. The lowest BCUT2D eigenvalue weighted by Gasteiger charge is -2.33. The zero-order valence-corrected chi connectivity index (χ0v) is 18.6. The van der Waals surface area contributed by atoms with Crippen molar-refractivity contribution in [3.8, 4) is 5.75 Å². The van der Waals surface area contributed by atoms with Gasteiger partial charge in [-0.25, -0.2) is 0 Å². The number of rotatable bonds is 3. The largest absolute Gasteiger partial charge is 0.489 e. The second-order valence-electron chi connectivity index (χ2n) is 7.70. The van der Waals surface area contributed by atoms with Gasteiger partial charge in [0, 0.05) is 19.2 Å². The highest BCUT2D eigenvalue weighted by Gasteiger charge is 2.40. The molecule has 31 heavy (non-hydrogen) atoms. The highest BCUT2D eigenvalue weighted by Crippen LogP contribution is 2.33. The van der Waals surface area contributed by atoms with Crippen LogP contribution < -0.4 is 9.64 Å². The van der Waals surface area contributed by atoms with Crippen molar-refractivity contribution in [2.45, 2.75) is 19.0 Å². The molecule has 0 spiro atoms. The second-order valence-corrected chi connectivity index (χ2v) is 8.45. The molecule has 0 radical (unpaired) electrons. The van der Waals surface area contributed by atoms with Crippen molar-refractivity contribution in [2.24, 2.45) is 0 Å². The van der Waals surface area contributed by atoms with Crippen molar-refractivity contribution in [2.75, 3.05) is 25.1 Å². The summed E-state index contributed by atoms with van der Waals surface area (Å²) in [4.78, 5) is 29.7. The number of para-hydroxylation sites is 2. The molecule has 0 saturated carbocycles. The van der Waals surface area contributed by atoms with E-state index in [0.717, 1.165) is 15.7 Å². The maximum atomic E-state index is 13.4. The fourth-order valence-electron chi connectivity index (χ4n) is 4.16. The molecule has 2 aromatic carbocycles. The Morgan fingerprint density at radius 1 is 1.10 bits per heavy atom. The van der Waals surface area contributed by atoms with E-state index in [2.05, 4.69) is 21.0 Å². The van der Waals surface area contributed by atoms with Crippen molar-refractivity contribution < 1.29 is 14.3 Å². The average molecular weight is 481 g/mol. The molecule has 0 saturated heterocycles. The van der Waals surface area contributed by atoms with Gasteiger partial charge in [-0.1, -0.05) is 42.5 Å². The van der Waals surface area contributed by atoms with Crippen LogP contribution in [0.25, 0.3) is 0 Å². The predicted molar refractivity (Wildman–Crippen MR) is 119 cm³/mol. The summed E-state index contributed by atoms with van der Waals surface area (Å²) in [6.45, 7) is 1.11. The van der Waals surface area contributed by atoms with Crippen LogP contribution in [0.3, 0.4) is 0 Å². The van der Waals surface area contributed by atoms with Crippen molar-refractivity contribution in [3.05, 3.63) is 76.0 Å².